The first-order chi connectivity index (χ1) is 9.69. The smallest absolute Gasteiger partial charge is 0.250 e. The number of ether oxygens (including phenoxy) is 1. The van der Waals surface area contributed by atoms with Gasteiger partial charge in [-0.2, -0.15) is 0 Å². The maximum Gasteiger partial charge on any atom is 0.250 e. The molecular weight excluding hydrogens is 276 g/mol. The van der Waals surface area contributed by atoms with Crippen LogP contribution in [0.4, 0.5) is 5.69 Å². The van der Waals surface area contributed by atoms with Crippen molar-refractivity contribution in [1.82, 2.24) is 0 Å². The summed E-state index contributed by atoms with van der Waals surface area (Å²) in [5, 5.41) is 3.42. The lowest BCUT2D eigenvalue weighted by atomic mass is 9.97. The van der Waals surface area contributed by atoms with Crippen molar-refractivity contribution in [3.05, 3.63) is 29.3 Å². The lowest BCUT2D eigenvalue weighted by Gasteiger charge is -2.17. The topological polar surface area (TPSA) is 64.3 Å². The van der Waals surface area contributed by atoms with Crippen molar-refractivity contribution in [1.29, 1.82) is 0 Å². The van der Waals surface area contributed by atoms with Gasteiger partial charge in [0.15, 0.2) is 0 Å². The van der Waals surface area contributed by atoms with Crippen molar-refractivity contribution in [2.75, 3.05) is 25.1 Å². The predicted molar refractivity (Wildman–Crippen MR) is 80.8 cm³/mol. The summed E-state index contributed by atoms with van der Waals surface area (Å²) in [6.45, 7) is 1.41. The van der Waals surface area contributed by atoms with Crippen LogP contribution in [0.1, 0.15) is 19.3 Å². The number of anilines is 1. The van der Waals surface area contributed by atoms with Gasteiger partial charge in [-0.15, -0.1) is 0 Å². The number of hydrogen-bond donors (Lipinski definition) is 2. The molecule has 1 aromatic carbocycles. The van der Waals surface area contributed by atoms with Crippen molar-refractivity contribution in [3.63, 3.8) is 0 Å². The van der Waals surface area contributed by atoms with E-state index in [9.17, 15) is 4.79 Å². The summed E-state index contributed by atoms with van der Waals surface area (Å²) < 4.78 is 5.51. The summed E-state index contributed by atoms with van der Waals surface area (Å²) in [6.07, 6.45) is 3.55. The number of rotatable bonds is 6. The van der Waals surface area contributed by atoms with Crippen LogP contribution in [0.2, 0.25) is 5.02 Å². The van der Waals surface area contributed by atoms with Crippen LogP contribution < -0.4 is 11.1 Å². The molecule has 20 heavy (non-hydrogen) atoms. The lowest BCUT2D eigenvalue weighted by Crippen LogP contribution is -2.25. The molecule has 0 aromatic heterocycles. The van der Waals surface area contributed by atoms with Crippen LogP contribution in [0.5, 0.6) is 0 Å². The highest BCUT2D eigenvalue weighted by molar-refractivity contribution is 6.30. The Morgan fingerprint density at radius 3 is 2.70 bits per heavy atom. The van der Waals surface area contributed by atoms with Crippen molar-refractivity contribution in [2.24, 2.45) is 17.6 Å². The predicted octanol–water partition coefficient (Wildman–Crippen LogP) is 2.67. The number of carbonyl (C=O) groups excluding carboxylic acids is 1. The van der Waals surface area contributed by atoms with E-state index in [2.05, 4.69) is 5.32 Å². The van der Waals surface area contributed by atoms with Crippen molar-refractivity contribution < 1.29 is 9.53 Å². The Bertz CT molecular complexity index is 436. The number of nitrogens with one attached hydrogen (secondary N) is 1. The summed E-state index contributed by atoms with van der Waals surface area (Å²) in [7, 11) is 0. The van der Waals surface area contributed by atoms with E-state index in [-0.39, 0.29) is 12.5 Å². The Kier molecular flexibility index (Phi) is 5.83. The minimum absolute atomic E-state index is 0.0798. The number of halogens is 1. The average molecular weight is 297 g/mol. The molecule has 110 valence electrons. The third-order valence-corrected chi connectivity index (χ3v) is 4.06. The third-order valence-electron chi connectivity index (χ3n) is 3.81. The molecule has 0 aliphatic heterocycles. The van der Waals surface area contributed by atoms with E-state index in [1.165, 1.54) is 12.8 Å². The Balaban J connectivity index is 1.69. The van der Waals surface area contributed by atoms with Gasteiger partial charge in [0.05, 0.1) is 6.61 Å². The summed E-state index contributed by atoms with van der Waals surface area (Å²) in [5.41, 5.74) is 6.45. The van der Waals surface area contributed by atoms with Gasteiger partial charge in [-0.05, 0) is 55.5 Å². The SMILES string of the molecule is NCC1CCCC1COCC(=O)Nc1ccc(Cl)cc1. The van der Waals surface area contributed by atoms with Gasteiger partial charge in [0.25, 0.3) is 0 Å². The molecule has 1 fully saturated rings. The molecule has 2 unspecified atom stereocenters. The van der Waals surface area contributed by atoms with E-state index in [0.717, 1.165) is 12.1 Å². The first-order valence-corrected chi connectivity index (χ1v) is 7.40. The molecular formula is C15H21ClN2O2. The van der Waals surface area contributed by atoms with E-state index in [4.69, 9.17) is 22.1 Å². The second-order valence-electron chi connectivity index (χ2n) is 5.26. The zero-order valence-electron chi connectivity index (χ0n) is 11.5. The molecule has 3 N–H and O–H groups in total. The maximum absolute atomic E-state index is 11.7. The van der Waals surface area contributed by atoms with Crippen LogP contribution in [-0.4, -0.2) is 25.7 Å². The summed E-state index contributed by atoms with van der Waals surface area (Å²) >= 11 is 5.78. The number of benzene rings is 1. The average Bonchev–Trinajstić information content (AvgIpc) is 2.89. The largest absolute Gasteiger partial charge is 0.371 e. The molecule has 1 aromatic rings. The van der Waals surface area contributed by atoms with Crippen molar-refractivity contribution in [2.45, 2.75) is 19.3 Å². The van der Waals surface area contributed by atoms with E-state index in [0.29, 0.717) is 30.0 Å². The fraction of sp³-hybridized carbons (Fsp3) is 0.533. The highest BCUT2D eigenvalue weighted by Gasteiger charge is 2.26. The molecule has 1 aliphatic carbocycles. The molecule has 0 saturated heterocycles. The van der Waals surface area contributed by atoms with E-state index in [1.54, 1.807) is 24.3 Å². The molecule has 4 nitrogen and oxygen atoms in total. The first kappa shape index (κ1) is 15.3. The van der Waals surface area contributed by atoms with Gasteiger partial charge >= 0.3 is 0 Å². The quantitative estimate of drug-likeness (QED) is 0.848. The van der Waals surface area contributed by atoms with Crippen LogP contribution in [0, 0.1) is 11.8 Å². The van der Waals surface area contributed by atoms with Crippen LogP contribution in [0.3, 0.4) is 0 Å². The van der Waals surface area contributed by atoms with Gasteiger partial charge < -0.3 is 15.8 Å². The second-order valence-corrected chi connectivity index (χ2v) is 5.69. The van der Waals surface area contributed by atoms with Crippen LogP contribution in [0.15, 0.2) is 24.3 Å². The minimum Gasteiger partial charge on any atom is -0.371 e. The van der Waals surface area contributed by atoms with E-state index < -0.39 is 0 Å². The summed E-state index contributed by atoms with van der Waals surface area (Å²) in [6, 6.07) is 7.01. The van der Waals surface area contributed by atoms with Gasteiger partial charge in [-0.1, -0.05) is 18.0 Å². The standard InChI is InChI=1S/C15H21ClN2O2/c16-13-4-6-14(7-5-13)18-15(19)10-20-9-12-3-1-2-11(12)8-17/h4-7,11-12H,1-3,8-10,17H2,(H,18,19). The molecule has 1 amide bonds. The fourth-order valence-corrected chi connectivity index (χ4v) is 2.80. The molecule has 1 saturated carbocycles. The Morgan fingerprint density at radius 2 is 2.00 bits per heavy atom. The molecule has 0 spiro atoms. The molecule has 0 bridgehead atoms. The normalized spacial score (nSPS) is 21.9. The zero-order chi connectivity index (χ0) is 14.4. The third kappa shape index (κ3) is 4.47. The first-order valence-electron chi connectivity index (χ1n) is 7.02. The van der Waals surface area contributed by atoms with Gasteiger partial charge in [0, 0.05) is 10.7 Å². The molecule has 5 heteroatoms. The second kappa shape index (κ2) is 7.62. The van der Waals surface area contributed by atoms with Crippen LogP contribution in [-0.2, 0) is 9.53 Å². The molecule has 0 heterocycles. The number of nitrogens with two attached hydrogens (primary N) is 1. The monoisotopic (exact) mass is 296 g/mol. The Morgan fingerprint density at radius 1 is 1.30 bits per heavy atom. The highest BCUT2D eigenvalue weighted by atomic mass is 35.5. The summed E-state index contributed by atoms with van der Waals surface area (Å²) in [5.74, 6) is 0.910. The number of amides is 1. The van der Waals surface area contributed by atoms with E-state index >= 15 is 0 Å². The van der Waals surface area contributed by atoms with Crippen molar-refractivity contribution in [3.8, 4) is 0 Å². The lowest BCUT2D eigenvalue weighted by molar-refractivity contribution is -0.121. The fourth-order valence-electron chi connectivity index (χ4n) is 2.68. The van der Waals surface area contributed by atoms with E-state index in [1.807, 2.05) is 0 Å². The molecule has 2 rings (SSSR count). The molecule has 0 radical (unpaired) electrons. The Labute approximate surface area is 124 Å². The van der Waals surface area contributed by atoms with Crippen molar-refractivity contribution >= 4 is 23.2 Å². The zero-order valence-corrected chi connectivity index (χ0v) is 12.2. The maximum atomic E-state index is 11.7. The highest BCUT2D eigenvalue weighted by Crippen LogP contribution is 2.30. The van der Waals surface area contributed by atoms with Gasteiger partial charge in [-0.25, -0.2) is 0 Å². The van der Waals surface area contributed by atoms with Crippen LogP contribution in [0.25, 0.3) is 0 Å². The number of hydrogen-bond acceptors (Lipinski definition) is 3. The Hall–Kier alpha value is -1.10. The van der Waals surface area contributed by atoms with Crippen LogP contribution >= 0.6 is 11.6 Å². The number of carbonyl (C=O) groups is 1. The molecule has 1 aliphatic rings. The molecule has 2 atom stereocenters. The van der Waals surface area contributed by atoms with Gasteiger partial charge in [0.2, 0.25) is 5.91 Å². The van der Waals surface area contributed by atoms with Gasteiger partial charge in [0.1, 0.15) is 6.61 Å². The summed E-state index contributed by atoms with van der Waals surface area (Å²) in [4.78, 5) is 11.7. The van der Waals surface area contributed by atoms with Gasteiger partial charge in [-0.3, -0.25) is 4.79 Å². The minimum atomic E-state index is -0.144.